The number of para-hydroxylation sites is 2. The molecule has 0 saturated carbocycles. The average molecular weight is 354 g/mol. The molecule has 2 rings (SSSR count). The van der Waals surface area contributed by atoms with E-state index in [9.17, 15) is 18.0 Å². The van der Waals surface area contributed by atoms with E-state index in [2.05, 4.69) is 10.6 Å². The number of hydrogen-bond donors (Lipinski definition) is 2. The van der Waals surface area contributed by atoms with E-state index in [4.69, 9.17) is 4.74 Å². The Morgan fingerprint density at radius 3 is 2.58 bits per heavy atom. The molecule has 2 amide bonds. The van der Waals surface area contributed by atoms with Gasteiger partial charge >= 0.3 is 0 Å². The van der Waals surface area contributed by atoms with Crippen LogP contribution in [-0.2, 0) is 19.4 Å². The molecule has 132 valence electrons. The molecular weight excluding hydrogens is 332 g/mol. The Morgan fingerprint density at radius 1 is 1.25 bits per heavy atom. The second-order valence-electron chi connectivity index (χ2n) is 6.06. The second-order valence-corrected chi connectivity index (χ2v) is 8.28. The summed E-state index contributed by atoms with van der Waals surface area (Å²) < 4.78 is 28.3. The second kappa shape index (κ2) is 7.65. The van der Waals surface area contributed by atoms with Crippen molar-refractivity contribution in [3.63, 3.8) is 0 Å². The highest BCUT2D eigenvalue weighted by molar-refractivity contribution is 7.91. The van der Waals surface area contributed by atoms with Gasteiger partial charge in [0, 0.05) is 6.04 Å². The molecule has 1 aliphatic rings. The molecule has 1 atom stereocenters. The van der Waals surface area contributed by atoms with E-state index >= 15 is 0 Å². The molecule has 0 bridgehead atoms. The molecule has 1 aliphatic heterocycles. The summed E-state index contributed by atoms with van der Waals surface area (Å²) >= 11 is 0. The van der Waals surface area contributed by atoms with Crippen LogP contribution in [0.1, 0.15) is 26.7 Å². The van der Waals surface area contributed by atoms with Crippen LogP contribution < -0.4 is 15.4 Å². The number of sulfone groups is 1. The van der Waals surface area contributed by atoms with Gasteiger partial charge in [0.15, 0.2) is 9.84 Å². The molecule has 1 unspecified atom stereocenters. The van der Waals surface area contributed by atoms with Crippen LogP contribution in [0.15, 0.2) is 24.3 Å². The summed E-state index contributed by atoms with van der Waals surface area (Å²) in [7, 11) is -3.07. The Balaban J connectivity index is 1.88. The van der Waals surface area contributed by atoms with Crippen molar-refractivity contribution in [2.24, 2.45) is 0 Å². The van der Waals surface area contributed by atoms with Crippen molar-refractivity contribution in [3.05, 3.63) is 24.3 Å². The average Bonchev–Trinajstić information content (AvgIpc) is 2.79. The topological polar surface area (TPSA) is 102 Å². The van der Waals surface area contributed by atoms with Gasteiger partial charge in [-0.25, -0.2) is 8.42 Å². The van der Waals surface area contributed by atoms with E-state index in [-0.39, 0.29) is 24.0 Å². The molecule has 0 aromatic heterocycles. The van der Waals surface area contributed by atoms with E-state index in [0.29, 0.717) is 17.9 Å². The molecular formula is C16H22N2O5S. The van der Waals surface area contributed by atoms with Crippen LogP contribution >= 0.6 is 0 Å². The maximum Gasteiger partial charge on any atom is 0.233 e. The minimum absolute atomic E-state index is 0.0457. The first-order valence-corrected chi connectivity index (χ1v) is 9.62. The molecule has 1 heterocycles. The first-order valence-electron chi connectivity index (χ1n) is 7.80. The normalized spacial score (nSPS) is 19.0. The largest absolute Gasteiger partial charge is 0.489 e. The lowest BCUT2D eigenvalue weighted by molar-refractivity contribution is -0.127. The number of hydrogen-bond acceptors (Lipinski definition) is 5. The molecule has 0 radical (unpaired) electrons. The number of amides is 2. The fourth-order valence-electron chi connectivity index (χ4n) is 2.45. The van der Waals surface area contributed by atoms with E-state index in [1.165, 1.54) is 0 Å². The zero-order valence-electron chi connectivity index (χ0n) is 13.7. The highest BCUT2D eigenvalue weighted by Gasteiger charge is 2.29. The summed E-state index contributed by atoms with van der Waals surface area (Å²) in [6.07, 6.45) is -0.0245. The predicted octanol–water partition coefficient (Wildman–Crippen LogP) is 1.11. The molecule has 7 nitrogen and oxygen atoms in total. The van der Waals surface area contributed by atoms with E-state index in [0.717, 1.165) is 0 Å². The maximum atomic E-state index is 12.0. The number of rotatable bonds is 6. The van der Waals surface area contributed by atoms with Gasteiger partial charge in [0.1, 0.15) is 12.2 Å². The van der Waals surface area contributed by atoms with E-state index in [1.807, 2.05) is 13.8 Å². The summed E-state index contributed by atoms with van der Waals surface area (Å²) in [5.41, 5.74) is 0.493. The summed E-state index contributed by atoms with van der Waals surface area (Å²) in [5, 5.41) is 5.23. The van der Waals surface area contributed by atoms with Crippen LogP contribution in [0.3, 0.4) is 0 Å². The highest BCUT2D eigenvalue weighted by atomic mass is 32.2. The fourth-order valence-corrected chi connectivity index (χ4v) is 4.13. The van der Waals surface area contributed by atoms with Crippen LogP contribution in [0, 0.1) is 0 Å². The van der Waals surface area contributed by atoms with Crippen molar-refractivity contribution >= 4 is 27.3 Å². The maximum absolute atomic E-state index is 12.0. The first kappa shape index (κ1) is 18.3. The van der Waals surface area contributed by atoms with Crippen molar-refractivity contribution in [3.8, 4) is 5.75 Å². The van der Waals surface area contributed by atoms with Gasteiger partial charge in [-0.3, -0.25) is 9.59 Å². The molecule has 1 aromatic carbocycles. The minimum Gasteiger partial charge on any atom is -0.489 e. The van der Waals surface area contributed by atoms with Crippen LogP contribution in [0.5, 0.6) is 5.75 Å². The molecule has 24 heavy (non-hydrogen) atoms. The summed E-state index contributed by atoms with van der Waals surface area (Å²) in [5.74, 6) is -0.427. The van der Waals surface area contributed by atoms with Crippen molar-refractivity contribution in [2.75, 3.05) is 16.8 Å². The Labute approximate surface area is 141 Å². The number of ether oxygens (including phenoxy) is 1. The van der Waals surface area contributed by atoms with Crippen molar-refractivity contribution in [2.45, 2.75) is 38.8 Å². The smallest absolute Gasteiger partial charge is 0.233 e. The van der Waals surface area contributed by atoms with Gasteiger partial charge in [-0.1, -0.05) is 12.1 Å². The van der Waals surface area contributed by atoms with Crippen molar-refractivity contribution in [1.82, 2.24) is 5.32 Å². The Bertz CT molecular complexity index is 715. The SMILES string of the molecule is CC(C)Oc1ccccc1NC(=O)CC(=O)NC1CCS(=O)(=O)C1. The van der Waals surface area contributed by atoms with Crippen LogP contribution in [0.2, 0.25) is 0 Å². The lowest BCUT2D eigenvalue weighted by atomic mass is 10.2. The summed E-state index contributed by atoms with van der Waals surface area (Å²) in [4.78, 5) is 23.9. The Morgan fingerprint density at radius 2 is 1.96 bits per heavy atom. The van der Waals surface area contributed by atoms with Gasteiger partial charge in [0.05, 0.1) is 23.3 Å². The van der Waals surface area contributed by atoms with E-state index < -0.39 is 27.7 Å². The Kier molecular flexibility index (Phi) is 5.82. The molecule has 0 aliphatic carbocycles. The van der Waals surface area contributed by atoms with Crippen LogP contribution in [0.25, 0.3) is 0 Å². The lowest BCUT2D eigenvalue weighted by Crippen LogP contribution is -2.37. The van der Waals surface area contributed by atoms with Crippen molar-refractivity contribution < 1.29 is 22.7 Å². The van der Waals surface area contributed by atoms with Gasteiger partial charge in [-0.15, -0.1) is 0 Å². The number of carbonyl (C=O) groups excluding carboxylic acids is 2. The summed E-state index contributed by atoms with van der Waals surface area (Å²) in [6, 6.07) is 6.56. The van der Waals surface area contributed by atoms with Gasteiger partial charge in [-0.05, 0) is 32.4 Å². The third-order valence-corrected chi connectivity index (χ3v) is 5.21. The monoisotopic (exact) mass is 354 g/mol. The zero-order chi connectivity index (χ0) is 17.7. The molecule has 1 aromatic rings. The zero-order valence-corrected chi connectivity index (χ0v) is 14.6. The standard InChI is InChI=1S/C16H22N2O5S/c1-11(2)23-14-6-4-3-5-13(14)18-16(20)9-15(19)17-12-7-8-24(21,22)10-12/h3-6,11-12H,7-10H2,1-2H3,(H,17,19)(H,18,20). The molecule has 1 fully saturated rings. The van der Waals surface area contributed by atoms with Gasteiger partial charge < -0.3 is 15.4 Å². The number of carbonyl (C=O) groups is 2. The van der Waals surface area contributed by atoms with Crippen LogP contribution in [0.4, 0.5) is 5.69 Å². The van der Waals surface area contributed by atoms with Crippen molar-refractivity contribution in [1.29, 1.82) is 0 Å². The number of anilines is 1. The van der Waals surface area contributed by atoms with Gasteiger partial charge in [0.2, 0.25) is 11.8 Å². The van der Waals surface area contributed by atoms with Crippen LogP contribution in [-0.4, -0.2) is 43.9 Å². The predicted molar refractivity (Wildman–Crippen MR) is 90.7 cm³/mol. The Hall–Kier alpha value is -2.09. The minimum atomic E-state index is -3.07. The number of nitrogens with one attached hydrogen (secondary N) is 2. The molecule has 1 saturated heterocycles. The number of benzene rings is 1. The van der Waals surface area contributed by atoms with Gasteiger partial charge in [0.25, 0.3) is 0 Å². The fraction of sp³-hybridized carbons (Fsp3) is 0.500. The quantitative estimate of drug-likeness (QED) is 0.745. The summed E-state index contributed by atoms with van der Waals surface area (Å²) in [6.45, 7) is 3.75. The third kappa shape index (κ3) is 5.52. The highest BCUT2D eigenvalue weighted by Crippen LogP contribution is 2.24. The van der Waals surface area contributed by atoms with Gasteiger partial charge in [-0.2, -0.15) is 0 Å². The lowest BCUT2D eigenvalue weighted by Gasteiger charge is -2.15. The molecule has 8 heteroatoms. The molecule has 2 N–H and O–H groups in total. The van der Waals surface area contributed by atoms with E-state index in [1.54, 1.807) is 24.3 Å². The molecule has 0 spiro atoms. The third-order valence-electron chi connectivity index (χ3n) is 3.44. The first-order chi connectivity index (χ1) is 11.2.